The Hall–Kier alpha value is -2.77. The molecule has 29 heavy (non-hydrogen) atoms. The average Bonchev–Trinajstić information content (AvgIpc) is 3.34. The fourth-order valence-electron chi connectivity index (χ4n) is 3.91. The van der Waals surface area contributed by atoms with Crippen molar-refractivity contribution in [1.29, 1.82) is 0 Å². The minimum Gasteiger partial charge on any atom is -0.355 e. The molecule has 146 valence electrons. The number of thiophene rings is 1. The summed E-state index contributed by atoms with van der Waals surface area (Å²) in [6.07, 6.45) is 4.99. The minimum absolute atomic E-state index is 0.0813. The van der Waals surface area contributed by atoms with E-state index in [2.05, 4.69) is 52.5 Å². The summed E-state index contributed by atoms with van der Waals surface area (Å²) in [6.45, 7) is 4.54. The second-order valence-electron chi connectivity index (χ2n) is 7.18. The van der Waals surface area contributed by atoms with Gasteiger partial charge in [0.25, 0.3) is 0 Å². The molecular weight excluding hydrogens is 400 g/mol. The first-order chi connectivity index (χ1) is 14.1. The molecule has 1 aliphatic heterocycles. The molecule has 3 aromatic heterocycles. The molecule has 7 heteroatoms. The molecule has 4 aromatic rings. The van der Waals surface area contributed by atoms with Crippen molar-refractivity contribution in [2.45, 2.75) is 26.3 Å². The monoisotopic (exact) mass is 420 g/mol. The second-order valence-corrected chi connectivity index (χ2v) is 9.10. The van der Waals surface area contributed by atoms with Gasteiger partial charge in [-0.25, -0.2) is 9.97 Å². The van der Waals surface area contributed by atoms with Gasteiger partial charge in [0.2, 0.25) is 5.91 Å². The number of amides is 1. The number of nitrogens with zero attached hydrogens (tertiary/aromatic N) is 3. The van der Waals surface area contributed by atoms with Gasteiger partial charge in [-0.2, -0.15) is 0 Å². The van der Waals surface area contributed by atoms with Crippen LogP contribution < -0.4 is 5.32 Å². The molecule has 0 fully saturated rings. The number of nitrogens with one attached hydrogen (secondary N) is 1. The van der Waals surface area contributed by atoms with E-state index in [0.29, 0.717) is 0 Å². The lowest BCUT2D eigenvalue weighted by atomic mass is 9.99. The number of carbonyl (C=O) groups excluding carboxylic acids is 1. The molecule has 1 atom stereocenters. The van der Waals surface area contributed by atoms with E-state index in [9.17, 15) is 4.79 Å². The lowest BCUT2D eigenvalue weighted by Gasteiger charge is -2.33. The summed E-state index contributed by atoms with van der Waals surface area (Å²) >= 11 is 3.33. The Morgan fingerprint density at radius 1 is 1.24 bits per heavy atom. The van der Waals surface area contributed by atoms with Crippen LogP contribution in [0.4, 0.5) is 11.4 Å². The standard InChI is InChI=1S/C22H20N4OS2/c1-13-16(4-3-9-26(13)14(2)27)21-11-17-18(7-8-23-22(17)29-21)25-15-5-6-20-19(10-15)24-12-28-20/h4-8,10-13H,3,9H2,1-2H3,(H,23,25)/t13-/m1/s1. The number of fused-ring (bicyclic) bond motifs is 2. The van der Waals surface area contributed by atoms with Gasteiger partial charge in [0, 0.05) is 35.6 Å². The molecule has 0 unspecified atom stereocenters. The average molecular weight is 421 g/mol. The zero-order chi connectivity index (χ0) is 20.0. The maximum absolute atomic E-state index is 12.0. The van der Waals surface area contributed by atoms with Gasteiger partial charge in [0.1, 0.15) is 4.83 Å². The topological polar surface area (TPSA) is 58.1 Å². The Bertz CT molecular complexity index is 1260. The molecule has 1 aliphatic rings. The van der Waals surface area contributed by atoms with Gasteiger partial charge in [-0.15, -0.1) is 22.7 Å². The van der Waals surface area contributed by atoms with E-state index in [4.69, 9.17) is 0 Å². The summed E-state index contributed by atoms with van der Waals surface area (Å²) in [5, 5.41) is 4.63. The molecular formula is C22H20N4OS2. The van der Waals surface area contributed by atoms with E-state index in [-0.39, 0.29) is 11.9 Å². The predicted octanol–water partition coefficient (Wildman–Crippen LogP) is 5.67. The highest BCUT2D eigenvalue weighted by Crippen LogP contribution is 2.38. The highest BCUT2D eigenvalue weighted by atomic mass is 32.1. The van der Waals surface area contributed by atoms with E-state index in [0.717, 1.165) is 40.1 Å². The van der Waals surface area contributed by atoms with Crippen LogP contribution in [-0.2, 0) is 4.79 Å². The van der Waals surface area contributed by atoms with Crippen LogP contribution in [0.25, 0.3) is 26.0 Å². The third kappa shape index (κ3) is 3.30. The van der Waals surface area contributed by atoms with Crippen LogP contribution in [0.15, 0.2) is 48.1 Å². The van der Waals surface area contributed by atoms with Crippen LogP contribution in [0.5, 0.6) is 0 Å². The molecule has 4 heterocycles. The van der Waals surface area contributed by atoms with Crippen LogP contribution in [0.3, 0.4) is 0 Å². The lowest BCUT2D eigenvalue weighted by Crippen LogP contribution is -2.40. The van der Waals surface area contributed by atoms with Crippen molar-refractivity contribution in [1.82, 2.24) is 14.9 Å². The van der Waals surface area contributed by atoms with Crippen LogP contribution in [0.1, 0.15) is 25.1 Å². The van der Waals surface area contributed by atoms with Gasteiger partial charge in [0.15, 0.2) is 0 Å². The number of thiazole rings is 1. The number of rotatable bonds is 3. The Balaban J connectivity index is 1.51. The molecule has 0 bridgehead atoms. The van der Waals surface area contributed by atoms with Crippen molar-refractivity contribution < 1.29 is 4.79 Å². The lowest BCUT2D eigenvalue weighted by molar-refractivity contribution is -0.129. The number of hydrogen-bond donors (Lipinski definition) is 1. The highest BCUT2D eigenvalue weighted by Gasteiger charge is 2.25. The maximum atomic E-state index is 12.0. The Labute approximate surface area is 176 Å². The smallest absolute Gasteiger partial charge is 0.219 e. The van der Waals surface area contributed by atoms with Crippen LogP contribution in [-0.4, -0.2) is 33.4 Å². The third-order valence-electron chi connectivity index (χ3n) is 5.39. The number of anilines is 2. The van der Waals surface area contributed by atoms with Crippen molar-refractivity contribution in [3.8, 4) is 0 Å². The van der Waals surface area contributed by atoms with Crippen LogP contribution in [0, 0.1) is 0 Å². The van der Waals surface area contributed by atoms with Crippen molar-refractivity contribution >= 4 is 66.0 Å². The van der Waals surface area contributed by atoms with Crippen molar-refractivity contribution in [3.63, 3.8) is 0 Å². The summed E-state index contributed by atoms with van der Waals surface area (Å²) in [5.41, 5.74) is 6.12. The zero-order valence-corrected chi connectivity index (χ0v) is 17.8. The van der Waals surface area contributed by atoms with Crippen molar-refractivity contribution in [3.05, 3.63) is 53.0 Å². The fourth-order valence-corrected chi connectivity index (χ4v) is 5.72. The summed E-state index contributed by atoms with van der Waals surface area (Å²) in [6, 6.07) is 10.5. The van der Waals surface area contributed by atoms with Gasteiger partial charge < -0.3 is 10.2 Å². The van der Waals surface area contributed by atoms with Crippen LogP contribution in [0.2, 0.25) is 0 Å². The van der Waals surface area contributed by atoms with Crippen molar-refractivity contribution in [2.24, 2.45) is 0 Å². The first kappa shape index (κ1) is 18.3. The minimum atomic E-state index is 0.0813. The molecule has 1 N–H and O–H groups in total. The largest absolute Gasteiger partial charge is 0.355 e. The SMILES string of the molecule is CC(=O)N1CCC=C(c2cc3c(Nc4ccc5scnc5c4)ccnc3s2)[C@H]1C. The van der Waals surface area contributed by atoms with Crippen LogP contribution >= 0.6 is 22.7 Å². The summed E-state index contributed by atoms with van der Waals surface area (Å²) in [4.78, 5) is 25.1. The van der Waals surface area contributed by atoms with Crippen molar-refractivity contribution in [2.75, 3.05) is 11.9 Å². The molecule has 1 aromatic carbocycles. The summed E-state index contributed by atoms with van der Waals surface area (Å²) in [7, 11) is 0. The molecule has 0 spiro atoms. The molecule has 1 amide bonds. The van der Waals surface area contributed by atoms with Gasteiger partial charge in [0.05, 0.1) is 27.5 Å². The molecule has 0 radical (unpaired) electrons. The summed E-state index contributed by atoms with van der Waals surface area (Å²) in [5.74, 6) is 0.127. The quantitative estimate of drug-likeness (QED) is 0.464. The first-order valence-electron chi connectivity index (χ1n) is 9.56. The molecule has 0 saturated heterocycles. The molecule has 0 aliphatic carbocycles. The van der Waals surface area contributed by atoms with E-state index >= 15 is 0 Å². The van der Waals surface area contributed by atoms with E-state index in [1.807, 2.05) is 22.7 Å². The Morgan fingerprint density at radius 3 is 3.00 bits per heavy atom. The van der Waals surface area contributed by atoms with E-state index in [1.54, 1.807) is 29.6 Å². The van der Waals surface area contributed by atoms with Gasteiger partial charge in [-0.3, -0.25) is 4.79 Å². The zero-order valence-electron chi connectivity index (χ0n) is 16.2. The van der Waals surface area contributed by atoms with E-state index in [1.165, 1.54) is 15.2 Å². The van der Waals surface area contributed by atoms with Gasteiger partial charge >= 0.3 is 0 Å². The Morgan fingerprint density at radius 2 is 2.14 bits per heavy atom. The van der Waals surface area contributed by atoms with E-state index < -0.39 is 0 Å². The fraction of sp³-hybridized carbons (Fsp3) is 0.227. The number of hydrogen-bond acceptors (Lipinski definition) is 6. The number of aromatic nitrogens is 2. The normalized spacial score (nSPS) is 17.0. The molecule has 5 nitrogen and oxygen atoms in total. The maximum Gasteiger partial charge on any atom is 0.219 e. The number of benzene rings is 1. The number of carbonyl (C=O) groups is 1. The first-order valence-corrected chi connectivity index (χ1v) is 11.3. The summed E-state index contributed by atoms with van der Waals surface area (Å²) < 4.78 is 1.18. The Kier molecular flexibility index (Phi) is 4.56. The predicted molar refractivity (Wildman–Crippen MR) is 122 cm³/mol. The van der Waals surface area contributed by atoms with Gasteiger partial charge in [-0.1, -0.05) is 6.08 Å². The third-order valence-corrected chi connectivity index (χ3v) is 7.29. The molecule has 0 saturated carbocycles. The highest BCUT2D eigenvalue weighted by molar-refractivity contribution is 7.19. The number of pyridine rings is 1. The second kappa shape index (κ2) is 7.24. The van der Waals surface area contributed by atoms with Gasteiger partial charge in [-0.05, 0) is 49.2 Å². The molecule has 5 rings (SSSR count).